The van der Waals surface area contributed by atoms with Gasteiger partial charge >= 0.3 is 0 Å². The van der Waals surface area contributed by atoms with E-state index in [0.29, 0.717) is 5.92 Å². The quantitative estimate of drug-likeness (QED) is 0.547. The SMILES string of the molecule is CCCc1ccc(C#CC(CC)CCCc2ccccc2)cc1. The summed E-state index contributed by atoms with van der Waals surface area (Å²) in [7, 11) is 0. The molecule has 0 spiro atoms. The second kappa shape index (κ2) is 9.90. The summed E-state index contributed by atoms with van der Waals surface area (Å²) in [5, 5.41) is 0. The maximum Gasteiger partial charge on any atom is 0.0245 e. The molecule has 0 nitrogen and oxygen atoms in total. The second-order valence-corrected chi connectivity index (χ2v) is 6.20. The van der Waals surface area contributed by atoms with Gasteiger partial charge in [0.2, 0.25) is 0 Å². The van der Waals surface area contributed by atoms with Crippen molar-refractivity contribution in [3.63, 3.8) is 0 Å². The van der Waals surface area contributed by atoms with E-state index in [1.54, 1.807) is 0 Å². The molecular formula is C23H28. The molecule has 2 rings (SSSR count). The maximum atomic E-state index is 3.47. The van der Waals surface area contributed by atoms with Crippen molar-refractivity contribution in [1.82, 2.24) is 0 Å². The molecule has 0 aromatic heterocycles. The first-order valence-corrected chi connectivity index (χ1v) is 8.96. The minimum absolute atomic E-state index is 0.508. The Morgan fingerprint density at radius 3 is 2.17 bits per heavy atom. The van der Waals surface area contributed by atoms with Crippen molar-refractivity contribution in [3.8, 4) is 11.8 Å². The third-order valence-corrected chi connectivity index (χ3v) is 4.27. The Morgan fingerprint density at radius 1 is 0.826 bits per heavy atom. The van der Waals surface area contributed by atoms with Gasteiger partial charge in [0.1, 0.15) is 0 Å². The maximum absolute atomic E-state index is 3.47. The first-order valence-electron chi connectivity index (χ1n) is 8.96. The van der Waals surface area contributed by atoms with Gasteiger partial charge in [-0.05, 0) is 55.4 Å². The zero-order valence-electron chi connectivity index (χ0n) is 14.5. The average molecular weight is 304 g/mol. The molecule has 1 unspecified atom stereocenters. The summed E-state index contributed by atoms with van der Waals surface area (Å²) < 4.78 is 0. The molecular weight excluding hydrogens is 276 g/mol. The molecule has 0 aliphatic carbocycles. The fourth-order valence-electron chi connectivity index (χ4n) is 2.80. The minimum Gasteiger partial charge on any atom is -0.0945 e. The first kappa shape index (κ1) is 17.4. The molecule has 0 fully saturated rings. The summed E-state index contributed by atoms with van der Waals surface area (Å²) in [6.07, 6.45) is 7.05. The van der Waals surface area contributed by atoms with Crippen molar-refractivity contribution in [2.24, 2.45) is 5.92 Å². The van der Waals surface area contributed by atoms with E-state index in [-0.39, 0.29) is 0 Å². The third-order valence-electron chi connectivity index (χ3n) is 4.27. The molecule has 0 saturated heterocycles. The standard InChI is InChI=1S/C23H28/c1-3-9-21-16-18-23(19-17-21)15-14-20(4-2)12-8-13-22-10-6-5-7-11-22/h5-7,10-11,16-20H,3-4,8-9,12-13H2,1-2H3. The van der Waals surface area contributed by atoms with Gasteiger partial charge in [0.25, 0.3) is 0 Å². The molecule has 2 aromatic rings. The number of hydrogen-bond acceptors (Lipinski definition) is 0. The highest BCUT2D eigenvalue weighted by atomic mass is 14.1. The fourth-order valence-corrected chi connectivity index (χ4v) is 2.80. The Labute approximate surface area is 142 Å². The van der Waals surface area contributed by atoms with Crippen LogP contribution in [0.3, 0.4) is 0 Å². The van der Waals surface area contributed by atoms with E-state index >= 15 is 0 Å². The molecule has 0 aliphatic heterocycles. The molecule has 0 radical (unpaired) electrons. The van der Waals surface area contributed by atoms with Crippen LogP contribution in [0.1, 0.15) is 56.2 Å². The lowest BCUT2D eigenvalue weighted by Gasteiger charge is -2.07. The monoisotopic (exact) mass is 304 g/mol. The highest BCUT2D eigenvalue weighted by Crippen LogP contribution is 2.14. The third kappa shape index (κ3) is 6.33. The van der Waals surface area contributed by atoms with Crippen LogP contribution >= 0.6 is 0 Å². The molecule has 120 valence electrons. The molecule has 1 atom stereocenters. The predicted octanol–water partition coefficient (Wildman–Crippen LogP) is 6.04. The van der Waals surface area contributed by atoms with Gasteiger partial charge in [0.15, 0.2) is 0 Å². The van der Waals surface area contributed by atoms with E-state index in [0.717, 1.165) is 24.8 Å². The van der Waals surface area contributed by atoms with Gasteiger partial charge in [-0.1, -0.05) is 74.6 Å². The molecule has 0 heterocycles. The van der Waals surface area contributed by atoms with Crippen LogP contribution in [-0.2, 0) is 12.8 Å². The van der Waals surface area contributed by atoms with Crippen LogP contribution in [0, 0.1) is 17.8 Å². The first-order chi connectivity index (χ1) is 11.3. The highest BCUT2D eigenvalue weighted by Gasteiger charge is 2.02. The van der Waals surface area contributed by atoms with Crippen LogP contribution in [0.2, 0.25) is 0 Å². The highest BCUT2D eigenvalue weighted by molar-refractivity contribution is 5.36. The zero-order chi connectivity index (χ0) is 16.3. The Hall–Kier alpha value is -2.00. The predicted molar refractivity (Wildman–Crippen MR) is 100 cm³/mol. The van der Waals surface area contributed by atoms with Gasteiger partial charge < -0.3 is 0 Å². The van der Waals surface area contributed by atoms with Crippen LogP contribution in [0.5, 0.6) is 0 Å². The topological polar surface area (TPSA) is 0 Å². The Morgan fingerprint density at radius 2 is 1.52 bits per heavy atom. The molecule has 0 amide bonds. The smallest absolute Gasteiger partial charge is 0.0245 e. The number of hydrogen-bond donors (Lipinski definition) is 0. The van der Waals surface area contributed by atoms with Gasteiger partial charge in [-0.2, -0.15) is 0 Å². The molecule has 23 heavy (non-hydrogen) atoms. The van der Waals surface area contributed by atoms with Gasteiger partial charge in [0.05, 0.1) is 0 Å². The van der Waals surface area contributed by atoms with Crippen LogP contribution in [0.4, 0.5) is 0 Å². The largest absolute Gasteiger partial charge is 0.0945 e. The van der Waals surface area contributed by atoms with Crippen molar-refractivity contribution < 1.29 is 0 Å². The van der Waals surface area contributed by atoms with Crippen molar-refractivity contribution in [1.29, 1.82) is 0 Å². The van der Waals surface area contributed by atoms with Crippen molar-refractivity contribution in [2.75, 3.05) is 0 Å². The van der Waals surface area contributed by atoms with E-state index < -0.39 is 0 Å². The van der Waals surface area contributed by atoms with E-state index in [4.69, 9.17) is 0 Å². The van der Waals surface area contributed by atoms with Crippen molar-refractivity contribution >= 4 is 0 Å². The molecule has 2 aromatic carbocycles. The average Bonchev–Trinajstić information content (AvgIpc) is 2.60. The Bertz CT molecular complexity index is 611. The summed E-state index contributed by atoms with van der Waals surface area (Å²) in [5.74, 6) is 7.35. The summed E-state index contributed by atoms with van der Waals surface area (Å²) in [6.45, 7) is 4.46. The van der Waals surface area contributed by atoms with Gasteiger partial charge in [0, 0.05) is 11.5 Å². The van der Waals surface area contributed by atoms with Gasteiger partial charge in [-0.25, -0.2) is 0 Å². The lowest BCUT2D eigenvalue weighted by atomic mass is 9.97. The van der Waals surface area contributed by atoms with E-state index in [2.05, 4.69) is 80.3 Å². The number of benzene rings is 2. The van der Waals surface area contributed by atoms with Crippen molar-refractivity contribution in [3.05, 3.63) is 71.3 Å². The van der Waals surface area contributed by atoms with Crippen LogP contribution in [0.15, 0.2) is 54.6 Å². The normalized spacial score (nSPS) is 11.6. The Balaban J connectivity index is 1.84. The number of aryl methyl sites for hydroxylation is 2. The Kier molecular flexibility index (Phi) is 7.47. The lowest BCUT2D eigenvalue weighted by Crippen LogP contribution is -1.97. The van der Waals surface area contributed by atoms with E-state index in [1.165, 1.54) is 30.4 Å². The molecule has 0 saturated carbocycles. The molecule has 0 heteroatoms. The molecule has 0 N–H and O–H groups in total. The van der Waals surface area contributed by atoms with Crippen LogP contribution in [0.25, 0.3) is 0 Å². The van der Waals surface area contributed by atoms with Gasteiger partial charge in [-0.3, -0.25) is 0 Å². The summed E-state index contributed by atoms with van der Waals surface area (Å²) in [5.41, 5.74) is 3.99. The van der Waals surface area contributed by atoms with Crippen LogP contribution < -0.4 is 0 Å². The van der Waals surface area contributed by atoms with Crippen LogP contribution in [-0.4, -0.2) is 0 Å². The van der Waals surface area contributed by atoms with Gasteiger partial charge in [-0.15, -0.1) is 0 Å². The van der Waals surface area contributed by atoms with E-state index in [1.807, 2.05) is 0 Å². The zero-order valence-corrected chi connectivity index (χ0v) is 14.5. The molecule has 0 bridgehead atoms. The number of rotatable bonds is 7. The second-order valence-electron chi connectivity index (χ2n) is 6.20. The van der Waals surface area contributed by atoms with E-state index in [9.17, 15) is 0 Å². The summed E-state index contributed by atoms with van der Waals surface area (Å²) >= 11 is 0. The fraction of sp³-hybridized carbons (Fsp3) is 0.391. The van der Waals surface area contributed by atoms with Crippen molar-refractivity contribution in [2.45, 2.75) is 52.4 Å². The molecule has 0 aliphatic rings. The summed E-state index contributed by atoms with van der Waals surface area (Å²) in [6, 6.07) is 19.5. The summed E-state index contributed by atoms with van der Waals surface area (Å²) in [4.78, 5) is 0. The lowest BCUT2D eigenvalue weighted by molar-refractivity contribution is 0.562. The minimum atomic E-state index is 0.508.